The molecule has 0 amide bonds. The summed E-state index contributed by atoms with van der Waals surface area (Å²) in [7, 11) is 0. The second kappa shape index (κ2) is 11.7. The van der Waals surface area contributed by atoms with E-state index in [4.69, 9.17) is 11.6 Å². The predicted octanol–water partition coefficient (Wildman–Crippen LogP) is 8.17. The van der Waals surface area contributed by atoms with Crippen LogP contribution < -0.4 is 0 Å². The molecule has 5 rings (SSSR count). The highest BCUT2D eigenvalue weighted by atomic mass is 35.5. The average Bonchev–Trinajstić information content (AvgIpc) is 3.33. The SMILES string of the molecule is O=C(C[C@@H](Cc1cc(F)cc(F)c1)c1ncncc1-c1ccc(Cl)cc1)Cn1nc(C(F)F)c2c1C(F)(F)CCC2(F)F. The van der Waals surface area contributed by atoms with Gasteiger partial charge in [0.15, 0.2) is 5.78 Å². The molecule has 226 valence electrons. The van der Waals surface area contributed by atoms with E-state index in [0.717, 1.165) is 12.1 Å². The Morgan fingerprint density at radius 3 is 2.26 bits per heavy atom. The second-order valence-electron chi connectivity index (χ2n) is 10.2. The van der Waals surface area contributed by atoms with E-state index >= 15 is 0 Å². The van der Waals surface area contributed by atoms with Crippen LogP contribution in [0.15, 0.2) is 55.0 Å². The number of carbonyl (C=O) groups excluding carboxylic acids is 1. The number of alkyl halides is 6. The number of fused-ring (bicyclic) bond motifs is 1. The number of Topliss-reactive ketones (excluding diaryl/α,β-unsaturated/α-hetero) is 1. The van der Waals surface area contributed by atoms with Crippen molar-refractivity contribution >= 4 is 17.4 Å². The van der Waals surface area contributed by atoms with Crippen LogP contribution in [0.3, 0.4) is 0 Å². The summed E-state index contributed by atoms with van der Waals surface area (Å²) in [4.78, 5) is 21.7. The number of rotatable bonds is 9. The third kappa shape index (κ3) is 6.41. The topological polar surface area (TPSA) is 60.7 Å². The van der Waals surface area contributed by atoms with Crippen LogP contribution in [0, 0.1) is 11.6 Å². The van der Waals surface area contributed by atoms with Crippen molar-refractivity contribution in [2.24, 2.45) is 0 Å². The van der Waals surface area contributed by atoms with E-state index in [0.29, 0.717) is 22.2 Å². The zero-order valence-electron chi connectivity index (χ0n) is 22.0. The summed E-state index contributed by atoms with van der Waals surface area (Å²) in [5.74, 6) is -11.5. The highest BCUT2D eigenvalue weighted by Gasteiger charge is 2.55. The average molecular weight is 629 g/mol. The second-order valence-corrected chi connectivity index (χ2v) is 10.7. The Labute approximate surface area is 244 Å². The van der Waals surface area contributed by atoms with E-state index in [1.807, 2.05) is 0 Å². The number of nitrogens with zero attached hydrogens (tertiary/aromatic N) is 4. The first-order chi connectivity index (χ1) is 20.2. The molecule has 14 heteroatoms. The summed E-state index contributed by atoms with van der Waals surface area (Å²) in [5.41, 5.74) is -3.12. The molecule has 0 unspecified atom stereocenters. The zero-order chi connectivity index (χ0) is 31.1. The molecular weight excluding hydrogens is 608 g/mol. The van der Waals surface area contributed by atoms with E-state index in [2.05, 4.69) is 15.1 Å². The van der Waals surface area contributed by atoms with Crippen LogP contribution in [0.4, 0.5) is 35.1 Å². The molecule has 0 bridgehead atoms. The standard InChI is InChI=1S/C29H21ClF8N4O/c30-18-3-1-16(2-4-18)22-12-39-14-40-24(22)17(7-15-8-19(31)11-20(32)9-15)10-21(43)13-42-26-23(25(41-42)27(33)34)28(35,36)5-6-29(26,37)38/h1-4,8-9,11-12,14,17,27H,5-7,10,13H2/t17-/m1/s1. The molecule has 43 heavy (non-hydrogen) atoms. The lowest BCUT2D eigenvalue weighted by atomic mass is 9.87. The van der Waals surface area contributed by atoms with Gasteiger partial charge in [-0.3, -0.25) is 9.48 Å². The monoisotopic (exact) mass is 628 g/mol. The van der Waals surface area contributed by atoms with Gasteiger partial charge >= 0.3 is 0 Å². The fourth-order valence-electron chi connectivity index (χ4n) is 5.34. The van der Waals surface area contributed by atoms with Gasteiger partial charge in [0.05, 0.1) is 11.3 Å². The molecular formula is C29H21ClF8N4O. The molecule has 2 aromatic heterocycles. The van der Waals surface area contributed by atoms with Gasteiger partial charge in [-0.15, -0.1) is 0 Å². The molecule has 0 N–H and O–H groups in total. The molecule has 0 radical (unpaired) electrons. The van der Waals surface area contributed by atoms with Crippen LogP contribution in [0.25, 0.3) is 11.1 Å². The first kappa shape index (κ1) is 30.6. The van der Waals surface area contributed by atoms with Crippen LogP contribution >= 0.6 is 11.6 Å². The summed E-state index contributed by atoms with van der Waals surface area (Å²) in [5, 5.41) is 3.76. The maximum Gasteiger partial charge on any atom is 0.290 e. The molecule has 0 saturated heterocycles. The van der Waals surface area contributed by atoms with Crippen LogP contribution in [0.2, 0.25) is 5.02 Å². The number of aromatic nitrogens is 4. The Kier molecular flexibility index (Phi) is 8.30. The minimum Gasteiger partial charge on any atom is -0.298 e. The maximum atomic E-state index is 14.8. The lowest BCUT2D eigenvalue weighted by molar-refractivity contribution is -0.121. The summed E-state index contributed by atoms with van der Waals surface area (Å²) >= 11 is 5.99. The molecule has 0 spiro atoms. The Morgan fingerprint density at radius 1 is 0.953 bits per heavy atom. The molecule has 4 aromatic rings. The highest BCUT2D eigenvalue weighted by Crippen LogP contribution is 2.52. The maximum absolute atomic E-state index is 14.8. The quantitative estimate of drug-likeness (QED) is 0.176. The normalized spacial score (nSPS) is 16.2. The summed E-state index contributed by atoms with van der Waals surface area (Å²) in [6.07, 6.45) is -4.32. The van der Waals surface area contributed by atoms with Gasteiger partial charge in [-0.1, -0.05) is 23.7 Å². The molecule has 1 aliphatic rings. The summed E-state index contributed by atoms with van der Waals surface area (Å²) in [6.45, 7) is -1.03. The van der Waals surface area contributed by atoms with E-state index in [-0.39, 0.29) is 22.4 Å². The van der Waals surface area contributed by atoms with Crippen molar-refractivity contribution in [3.8, 4) is 11.1 Å². The lowest BCUT2D eigenvalue weighted by Crippen LogP contribution is -2.33. The highest BCUT2D eigenvalue weighted by molar-refractivity contribution is 6.30. The Hall–Kier alpha value is -3.87. The van der Waals surface area contributed by atoms with Crippen LogP contribution in [0.1, 0.15) is 59.8 Å². The Bertz CT molecular complexity index is 1640. The summed E-state index contributed by atoms with van der Waals surface area (Å²) in [6, 6.07) is 9.23. The third-order valence-electron chi connectivity index (χ3n) is 7.14. The van der Waals surface area contributed by atoms with Crippen LogP contribution in [-0.4, -0.2) is 25.5 Å². The van der Waals surface area contributed by atoms with E-state index in [1.54, 1.807) is 24.3 Å². The van der Waals surface area contributed by atoms with Crippen molar-refractivity contribution in [1.29, 1.82) is 0 Å². The van der Waals surface area contributed by atoms with Crippen LogP contribution in [-0.2, 0) is 29.6 Å². The fraction of sp³-hybridized carbons (Fsp3) is 0.310. The van der Waals surface area contributed by atoms with Gasteiger partial charge in [-0.05, 0) is 41.8 Å². The number of benzene rings is 2. The molecule has 2 heterocycles. The van der Waals surface area contributed by atoms with Crippen LogP contribution in [0.5, 0.6) is 0 Å². The molecule has 2 aromatic carbocycles. The number of hydrogen-bond acceptors (Lipinski definition) is 4. The van der Waals surface area contributed by atoms with Crippen molar-refractivity contribution in [2.75, 3.05) is 0 Å². The molecule has 0 aliphatic heterocycles. The zero-order valence-corrected chi connectivity index (χ0v) is 22.7. The lowest BCUT2D eigenvalue weighted by Gasteiger charge is -2.29. The minimum atomic E-state index is -4.00. The van der Waals surface area contributed by atoms with Crippen molar-refractivity contribution in [2.45, 2.75) is 56.4 Å². The minimum absolute atomic E-state index is 0.138. The predicted molar refractivity (Wildman–Crippen MR) is 139 cm³/mol. The van der Waals surface area contributed by atoms with E-state index in [1.165, 1.54) is 12.5 Å². The number of carbonyl (C=O) groups is 1. The molecule has 0 saturated carbocycles. The van der Waals surface area contributed by atoms with E-state index < -0.39 is 84.4 Å². The first-order valence-corrected chi connectivity index (χ1v) is 13.3. The first-order valence-electron chi connectivity index (χ1n) is 12.9. The molecule has 0 fully saturated rings. The smallest absolute Gasteiger partial charge is 0.290 e. The fourth-order valence-corrected chi connectivity index (χ4v) is 5.46. The number of halogens is 9. The largest absolute Gasteiger partial charge is 0.298 e. The van der Waals surface area contributed by atoms with Gasteiger partial charge in [-0.25, -0.2) is 36.3 Å². The van der Waals surface area contributed by atoms with Gasteiger partial charge in [0.1, 0.15) is 35.9 Å². The van der Waals surface area contributed by atoms with Gasteiger partial charge in [0.2, 0.25) is 0 Å². The van der Waals surface area contributed by atoms with Gasteiger partial charge in [0, 0.05) is 48.0 Å². The summed E-state index contributed by atoms with van der Waals surface area (Å²) < 4.78 is 114. The van der Waals surface area contributed by atoms with Gasteiger partial charge < -0.3 is 0 Å². The van der Waals surface area contributed by atoms with Gasteiger partial charge in [0.25, 0.3) is 18.3 Å². The van der Waals surface area contributed by atoms with Crippen molar-refractivity contribution in [3.63, 3.8) is 0 Å². The van der Waals surface area contributed by atoms with Crippen molar-refractivity contribution < 1.29 is 39.9 Å². The number of hydrogen-bond donors (Lipinski definition) is 0. The van der Waals surface area contributed by atoms with E-state index in [9.17, 15) is 39.9 Å². The van der Waals surface area contributed by atoms with Gasteiger partial charge in [-0.2, -0.15) is 13.9 Å². The number of ketones is 1. The Morgan fingerprint density at radius 2 is 1.60 bits per heavy atom. The molecule has 1 atom stereocenters. The Balaban J connectivity index is 1.54. The van der Waals surface area contributed by atoms with Crippen molar-refractivity contribution in [1.82, 2.24) is 19.7 Å². The van der Waals surface area contributed by atoms with Crippen molar-refractivity contribution in [3.05, 3.63) is 99.9 Å². The third-order valence-corrected chi connectivity index (χ3v) is 7.39. The molecule has 5 nitrogen and oxygen atoms in total. The molecule has 1 aliphatic carbocycles.